The molecule has 164 valence electrons. The number of hydrogen-bond acceptors (Lipinski definition) is 6. The first kappa shape index (κ1) is 22.0. The smallest absolute Gasteiger partial charge is 0.152 e. The summed E-state index contributed by atoms with van der Waals surface area (Å²) < 4.78 is 25.2. The highest BCUT2D eigenvalue weighted by Crippen LogP contribution is 2.30. The molecule has 0 unspecified atom stereocenters. The third-order valence-electron chi connectivity index (χ3n) is 5.60. The maximum atomic E-state index is 11.6. The number of sulfone groups is 1. The number of halogens is 1. The van der Waals surface area contributed by atoms with E-state index in [2.05, 4.69) is 34.2 Å². The van der Waals surface area contributed by atoms with E-state index in [1.54, 1.807) is 12.5 Å². The van der Waals surface area contributed by atoms with Gasteiger partial charge in [0.15, 0.2) is 9.84 Å². The first-order valence-electron chi connectivity index (χ1n) is 10.3. The third kappa shape index (κ3) is 4.98. The van der Waals surface area contributed by atoms with Crippen LogP contribution in [0.3, 0.4) is 0 Å². The minimum atomic E-state index is -2.88. The second-order valence-corrected chi connectivity index (χ2v) is 10.6. The van der Waals surface area contributed by atoms with Gasteiger partial charge in [-0.3, -0.25) is 4.90 Å². The highest BCUT2D eigenvalue weighted by Gasteiger charge is 2.20. The first-order chi connectivity index (χ1) is 14.9. The van der Waals surface area contributed by atoms with Crippen molar-refractivity contribution in [1.29, 1.82) is 0 Å². The summed E-state index contributed by atoms with van der Waals surface area (Å²) >= 11 is 6.48. The summed E-state index contributed by atoms with van der Waals surface area (Å²) in [6.45, 7) is 2.36. The summed E-state index contributed by atoms with van der Waals surface area (Å²) in [5, 5.41) is 1.67. The van der Waals surface area contributed by atoms with Gasteiger partial charge in [-0.15, -0.1) is 0 Å². The number of hydrogen-bond donors (Lipinski definition) is 1. The van der Waals surface area contributed by atoms with Gasteiger partial charge in [0, 0.05) is 37.1 Å². The van der Waals surface area contributed by atoms with Crippen LogP contribution in [-0.2, 0) is 23.3 Å². The van der Waals surface area contributed by atoms with Crippen LogP contribution in [0.2, 0.25) is 5.02 Å². The molecule has 1 aromatic carbocycles. The van der Waals surface area contributed by atoms with Gasteiger partial charge in [-0.1, -0.05) is 23.8 Å². The van der Waals surface area contributed by atoms with Crippen molar-refractivity contribution < 1.29 is 8.42 Å². The normalized spacial score (nSPS) is 17.0. The van der Waals surface area contributed by atoms with Crippen molar-refractivity contribution in [2.24, 2.45) is 12.8 Å². The molecule has 4 rings (SSSR count). The van der Waals surface area contributed by atoms with Gasteiger partial charge in [-0.25, -0.2) is 18.4 Å². The molecule has 1 aliphatic heterocycles. The minimum absolute atomic E-state index is 0.227. The molecule has 2 aromatic heterocycles. The zero-order valence-corrected chi connectivity index (χ0v) is 19.0. The molecule has 7 nitrogen and oxygen atoms in total. The molecule has 1 fully saturated rings. The lowest BCUT2D eigenvalue weighted by molar-refractivity contribution is 0.327. The summed E-state index contributed by atoms with van der Waals surface area (Å²) in [6, 6.07) is 6.02. The standard InChI is InChI=1S/C22H26ClN5O2S/c1-27-15-25-14-22(27)21-12-16(3-2-6-28-7-9-31(29,30)10-8-28)18-11-17(4-5-24)19(23)13-20(18)26-21/h2-3,11-15H,4-10,24H2,1H3/b3-2+. The van der Waals surface area contributed by atoms with Gasteiger partial charge in [0.1, 0.15) is 0 Å². The van der Waals surface area contributed by atoms with Gasteiger partial charge in [-0.2, -0.15) is 0 Å². The van der Waals surface area contributed by atoms with E-state index in [0.29, 0.717) is 37.6 Å². The van der Waals surface area contributed by atoms with E-state index in [0.717, 1.165) is 33.4 Å². The predicted molar refractivity (Wildman–Crippen MR) is 126 cm³/mol. The van der Waals surface area contributed by atoms with E-state index < -0.39 is 9.84 Å². The van der Waals surface area contributed by atoms with Gasteiger partial charge >= 0.3 is 0 Å². The fraction of sp³-hybridized carbons (Fsp3) is 0.364. The minimum Gasteiger partial charge on any atom is -0.332 e. The van der Waals surface area contributed by atoms with Crippen molar-refractivity contribution in [3.8, 4) is 11.4 Å². The summed E-state index contributed by atoms with van der Waals surface area (Å²) in [4.78, 5) is 11.2. The molecule has 0 bridgehead atoms. The number of benzene rings is 1. The second-order valence-electron chi connectivity index (χ2n) is 7.84. The van der Waals surface area contributed by atoms with Gasteiger partial charge in [0.05, 0.1) is 40.9 Å². The molecule has 1 aliphatic rings. The average Bonchev–Trinajstić information content (AvgIpc) is 3.16. The Balaban J connectivity index is 1.70. The molecule has 3 aromatic rings. The molecule has 0 radical (unpaired) electrons. The van der Waals surface area contributed by atoms with Crippen LogP contribution in [0, 0.1) is 0 Å². The Morgan fingerprint density at radius 3 is 2.68 bits per heavy atom. The van der Waals surface area contributed by atoms with Crippen LogP contribution in [0.1, 0.15) is 11.1 Å². The molecule has 1 saturated heterocycles. The Morgan fingerprint density at radius 1 is 1.23 bits per heavy atom. The Morgan fingerprint density at radius 2 is 2.00 bits per heavy atom. The number of nitrogens with zero attached hydrogens (tertiary/aromatic N) is 4. The number of nitrogens with two attached hydrogens (primary N) is 1. The van der Waals surface area contributed by atoms with Gasteiger partial charge in [0.25, 0.3) is 0 Å². The van der Waals surface area contributed by atoms with Gasteiger partial charge in [-0.05, 0) is 42.3 Å². The Hall–Kier alpha value is -2.26. The lowest BCUT2D eigenvalue weighted by Gasteiger charge is -2.25. The molecular formula is C22H26ClN5O2S. The molecule has 31 heavy (non-hydrogen) atoms. The number of fused-ring (bicyclic) bond motifs is 1. The molecule has 9 heteroatoms. The monoisotopic (exact) mass is 459 g/mol. The molecule has 3 heterocycles. The maximum Gasteiger partial charge on any atom is 0.152 e. The fourth-order valence-electron chi connectivity index (χ4n) is 3.80. The molecule has 0 atom stereocenters. The van der Waals surface area contributed by atoms with Gasteiger partial charge in [0.2, 0.25) is 0 Å². The van der Waals surface area contributed by atoms with Crippen LogP contribution in [0.5, 0.6) is 0 Å². The number of aromatic nitrogens is 3. The number of aryl methyl sites for hydroxylation is 1. The van der Waals surface area contributed by atoms with Crippen LogP contribution in [0.25, 0.3) is 28.4 Å². The Kier molecular flexibility index (Phi) is 6.43. The Bertz CT molecular complexity index is 1220. The van der Waals surface area contributed by atoms with Crippen molar-refractivity contribution in [1.82, 2.24) is 19.4 Å². The van der Waals surface area contributed by atoms with Crippen LogP contribution < -0.4 is 5.73 Å². The number of imidazole rings is 1. The largest absolute Gasteiger partial charge is 0.332 e. The first-order valence-corrected chi connectivity index (χ1v) is 12.5. The lowest BCUT2D eigenvalue weighted by Crippen LogP contribution is -2.40. The quantitative estimate of drug-likeness (QED) is 0.608. The SMILES string of the molecule is Cn1cncc1-c1cc(/C=C/CN2CCS(=O)(=O)CC2)c2cc(CCN)c(Cl)cc2n1. The Labute approximate surface area is 187 Å². The summed E-state index contributed by atoms with van der Waals surface area (Å²) in [5.74, 6) is 0.454. The number of rotatable bonds is 6. The second kappa shape index (κ2) is 9.08. The molecular weight excluding hydrogens is 434 g/mol. The summed E-state index contributed by atoms with van der Waals surface area (Å²) in [7, 11) is -0.940. The van der Waals surface area contributed by atoms with E-state index in [-0.39, 0.29) is 11.5 Å². The average molecular weight is 460 g/mol. The van der Waals surface area contributed by atoms with Crippen LogP contribution in [0.4, 0.5) is 0 Å². The lowest BCUT2D eigenvalue weighted by atomic mass is 10.0. The topological polar surface area (TPSA) is 94.1 Å². The highest BCUT2D eigenvalue weighted by atomic mass is 35.5. The van der Waals surface area contributed by atoms with Gasteiger partial charge < -0.3 is 10.3 Å². The van der Waals surface area contributed by atoms with Crippen molar-refractivity contribution in [2.75, 3.05) is 37.7 Å². The molecule has 0 amide bonds. The molecule has 2 N–H and O–H groups in total. The van der Waals surface area contributed by atoms with E-state index in [1.165, 1.54) is 0 Å². The zero-order chi connectivity index (χ0) is 22.0. The highest BCUT2D eigenvalue weighted by molar-refractivity contribution is 7.91. The van der Waals surface area contributed by atoms with E-state index in [1.807, 2.05) is 17.7 Å². The van der Waals surface area contributed by atoms with Crippen molar-refractivity contribution in [2.45, 2.75) is 6.42 Å². The molecule has 0 spiro atoms. The fourth-order valence-corrected chi connectivity index (χ4v) is 5.33. The van der Waals surface area contributed by atoms with Crippen LogP contribution in [-0.4, -0.2) is 65.5 Å². The molecule has 0 saturated carbocycles. The van der Waals surface area contributed by atoms with E-state index >= 15 is 0 Å². The van der Waals surface area contributed by atoms with Crippen LogP contribution >= 0.6 is 11.6 Å². The van der Waals surface area contributed by atoms with E-state index in [9.17, 15) is 8.42 Å². The van der Waals surface area contributed by atoms with Crippen molar-refractivity contribution in [3.05, 3.63) is 52.9 Å². The number of pyridine rings is 1. The summed E-state index contributed by atoms with van der Waals surface area (Å²) in [6.07, 6.45) is 8.40. The maximum absolute atomic E-state index is 11.6. The van der Waals surface area contributed by atoms with Crippen molar-refractivity contribution in [3.63, 3.8) is 0 Å². The molecule has 0 aliphatic carbocycles. The van der Waals surface area contributed by atoms with Crippen LogP contribution in [0.15, 0.2) is 36.8 Å². The van der Waals surface area contributed by atoms with Crippen molar-refractivity contribution >= 4 is 38.4 Å². The summed E-state index contributed by atoms with van der Waals surface area (Å²) in [5.41, 5.74) is 10.3. The third-order valence-corrected chi connectivity index (χ3v) is 7.56. The predicted octanol–water partition coefficient (Wildman–Crippen LogP) is 2.53. The zero-order valence-electron chi connectivity index (χ0n) is 17.5. The van der Waals surface area contributed by atoms with E-state index in [4.69, 9.17) is 22.3 Å².